The van der Waals surface area contributed by atoms with Gasteiger partial charge in [-0.1, -0.05) is 17.7 Å². The lowest BCUT2D eigenvalue weighted by Crippen LogP contribution is -2.55. The molecule has 2 aliphatic heterocycles. The quantitative estimate of drug-likeness (QED) is 0.658. The van der Waals surface area contributed by atoms with Gasteiger partial charge in [-0.25, -0.2) is 13.4 Å². The summed E-state index contributed by atoms with van der Waals surface area (Å²) in [5.74, 6) is 1.10. The number of piperidine rings is 1. The van der Waals surface area contributed by atoms with Gasteiger partial charge < -0.3 is 15.0 Å². The summed E-state index contributed by atoms with van der Waals surface area (Å²) in [6, 6.07) is 9.44. The molecule has 178 valence electrons. The zero-order valence-corrected chi connectivity index (χ0v) is 20.9. The van der Waals surface area contributed by atoms with Crippen LogP contribution < -0.4 is 15.0 Å². The van der Waals surface area contributed by atoms with Crippen molar-refractivity contribution in [1.82, 2.24) is 10.3 Å². The standard InChI is InChI=1S/C24H30ClN3O4S/c1-15-5-9-21(20(25)11-15)32-24(2,3)23(29)27-16-12-17-6-7-18(13-16)28(17)22-10-8-19(14-26-22)33(4,30)31/h5,8-11,14,16-18H,6-7,12-13H2,1-4H3,(H,27,29). The fourth-order valence-electron chi connectivity index (χ4n) is 4.78. The second-order valence-electron chi connectivity index (χ2n) is 9.60. The molecule has 0 aliphatic carbocycles. The first-order chi connectivity index (χ1) is 15.4. The van der Waals surface area contributed by atoms with Crippen LogP contribution in [0.25, 0.3) is 0 Å². The molecule has 2 aromatic rings. The molecule has 4 rings (SSSR count). The molecule has 2 saturated heterocycles. The van der Waals surface area contributed by atoms with Gasteiger partial charge in [0.05, 0.1) is 9.92 Å². The van der Waals surface area contributed by atoms with Crippen molar-refractivity contribution >= 4 is 33.2 Å². The Hall–Kier alpha value is -2.32. The maximum absolute atomic E-state index is 13.1. The zero-order chi connectivity index (χ0) is 24.0. The third-order valence-electron chi connectivity index (χ3n) is 6.48. The van der Waals surface area contributed by atoms with Crippen LogP contribution >= 0.6 is 11.6 Å². The summed E-state index contributed by atoms with van der Waals surface area (Å²) in [4.78, 5) is 20.0. The number of hydrogen-bond acceptors (Lipinski definition) is 6. The summed E-state index contributed by atoms with van der Waals surface area (Å²) in [7, 11) is -3.27. The molecular weight excluding hydrogens is 462 g/mol. The number of amides is 1. The minimum atomic E-state index is -3.27. The Morgan fingerprint density at radius 1 is 1.18 bits per heavy atom. The van der Waals surface area contributed by atoms with Crippen molar-refractivity contribution in [3.8, 4) is 5.75 Å². The first-order valence-electron chi connectivity index (χ1n) is 11.1. The van der Waals surface area contributed by atoms with Gasteiger partial charge in [0.1, 0.15) is 11.6 Å². The number of hydrogen-bond donors (Lipinski definition) is 1. The van der Waals surface area contributed by atoms with Crippen LogP contribution in [0.4, 0.5) is 5.82 Å². The first-order valence-corrected chi connectivity index (χ1v) is 13.4. The van der Waals surface area contributed by atoms with Gasteiger partial charge in [-0.05, 0) is 76.3 Å². The van der Waals surface area contributed by atoms with Gasteiger partial charge in [0.2, 0.25) is 0 Å². The fraction of sp³-hybridized carbons (Fsp3) is 0.500. The fourth-order valence-corrected chi connectivity index (χ4v) is 5.62. The summed E-state index contributed by atoms with van der Waals surface area (Å²) in [5, 5.41) is 3.66. The number of benzene rings is 1. The SMILES string of the molecule is Cc1ccc(OC(C)(C)C(=O)NC2CC3CCC(C2)N3c2ccc(S(C)(=O)=O)cn2)c(Cl)c1. The van der Waals surface area contributed by atoms with Crippen molar-refractivity contribution in [3.05, 3.63) is 47.1 Å². The highest BCUT2D eigenvalue weighted by atomic mass is 35.5. The van der Waals surface area contributed by atoms with E-state index < -0.39 is 15.4 Å². The van der Waals surface area contributed by atoms with Crippen LogP contribution in [-0.4, -0.2) is 49.3 Å². The predicted molar refractivity (Wildman–Crippen MR) is 129 cm³/mol. The molecule has 0 spiro atoms. The van der Waals surface area contributed by atoms with E-state index in [1.165, 1.54) is 12.5 Å². The molecule has 33 heavy (non-hydrogen) atoms. The number of ether oxygens (including phenoxy) is 1. The van der Waals surface area contributed by atoms with E-state index in [2.05, 4.69) is 15.2 Å². The average Bonchev–Trinajstić information content (AvgIpc) is 3.00. The Morgan fingerprint density at radius 2 is 1.85 bits per heavy atom. The summed E-state index contributed by atoms with van der Waals surface area (Å²) >= 11 is 6.29. The number of carbonyl (C=O) groups excluding carboxylic acids is 1. The molecule has 2 unspecified atom stereocenters. The molecule has 2 atom stereocenters. The van der Waals surface area contributed by atoms with Gasteiger partial charge in [0.25, 0.3) is 5.91 Å². The van der Waals surface area contributed by atoms with E-state index in [9.17, 15) is 13.2 Å². The highest BCUT2D eigenvalue weighted by Gasteiger charge is 2.43. The van der Waals surface area contributed by atoms with Crippen LogP contribution in [-0.2, 0) is 14.6 Å². The van der Waals surface area contributed by atoms with Crippen LogP contribution in [0.5, 0.6) is 5.75 Å². The number of nitrogens with one attached hydrogen (secondary N) is 1. The number of anilines is 1. The number of aromatic nitrogens is 1. The lowest BCUT2D eigenvalue weighted by molar-refractivity contribution is -0.135. The maximum Gasteiger partial charge on any atom is 0.263 e. The molecule has 7 nitrogen and oxygen atoms in total. The van der Waals surface area contributed by atoms with Crippen LogP contribution in [0.15, 0.2) is 41.4 Å². The molecule has 2 aliphatic rings. The zero-order valence-electron chi connectivity index (χ0n) is 19.3. The maximum atomic E-state index is 13.1. The van der Waals surface area contributed by atoms with Crippen molar-refractivity contribution < 1.29 is 17.9 Å². The Balaban J connectivity index is 1.41. The number of sulfone groups is 1. The van der Waals surface area contributed by atoms with E-state index in [4.69, 9.17) is 16.3 Å². The Kier molecular flexibility index (Phi) is 6.35. The second-order valence-corrected chi connectivity index (χ2v) is 12.0. The van der Waals surface area contributed by atoms with E-state index in [1.54, 1.807) is 32.0 Å². The van der Waals surface area contributed by atoms with Crippen LogP contribution in [0, 0.1) is 6.92 Å². The summed E-state index contributed by atoms with van der Waals surface area (Å²) in [6.45, 7) is 5.44. The van der Waals surface area contributed by atoms with Crippen molar-refractivity contribution in [2.45, 2.75) is 75.1 Å². The van der Waals surface area contributed by atoms with Gasteiger partial charge in [-0.15, -0.1) is 0 Å². The van der Waals surface area contributed by atoms with Gasteiger partial charge >= 0.3 is 0 Å². The van der Waals surface area contributed by atoms with Gasteiger partial charge in [0.15, 0.2) is 15.4 Å². The topological polar surface area (TPSA) is 88.6 Å². The third-order valence-corrected chi connectivity index (χ3v) is 7.87. The molecule has 1 aromatic heterocycles. The molecule has 2 fully saturated rings. The molecular formula is C24H30ClN3O4S. The number of pyridine rings is 1. The first kappa shape index (κ1) is 23.8. The molecule has 0 radical (unpaired) electrons. The second kappa shape index (κ2) is 8.80. The van der Waals surface area contributed by atoms with E-state index in [0.29, 0.717) is 10.8 Å². The van der Waals surface area contributed by atoms with Crippen LogP contribution in [0.1, 0.15) is 45.1 Å². The van der Waals surface area contributed by atoms with E-state index >= 15 is 0 Å². The van der Waals surface area contributed by atoms with Crippen molar-refractivity contribution in [2.75, 3.05) is 11.2 Å². The van der Waals surface area contributed by atoms with E-state index in [0.717, 1.165) is 37.1 Å². The van der Waals surface area contributed by atoms with Gasteiger partial charge in [-0.2, -0.15) is 0 Å². The summed E-state index contributed by atoms with van der Waals surface area (Å²) in [5.41, 5.74) is -0.0460. The Morgan fingerprint density at radius 3 is 2.39 bits per heavy atom. The number of carbonyl (C=O) groups is 1. The highest BCUT2D eigenvalue weighted by molar-refractivity contribution is 7.90. The monoisotopic (exact) mass is 491 g/mol. The number of rotatable bonds is 6. The molecule has 0 saturated carbocycles. The smallest absolute Gasteiger partial charge is 0.263 e. The molecule has 2 bridgehead atoms. The summed E-state index contributed by atoms with van der Waals surface area (Å²) < 4.78 is 29.4. The third kappa shape index (κ3) is 5.11. The average molecular weight is 492 g/mol. The highest BCUT2D eigenvalue weighted by Crippen LogP contribution is 2.39. The molecule has 1 amide bonds. The molecule has 1 aromatic carbocycles. The number of nitrogens with zero attached hydrogens (tertiary/aromatic N) is 2. The number of fused-ring (bicyclic) bond motifs is 2. The summed E-state index contributed by atoms with van der Waals surface area (Å²) in [6.07, 6.45) is 6.25. The number of halogens is 1. The Bertz CT molecular complexity index is 1140. The predicted octanol–water partition coefficient (Wildman–Crippen LogP) is 3.92. The normalized spacial score (nSPS) is 22.8. The molecule has 1 N–H and O–H groups in total. The van der Waals surface area contributed by atoms with Crippen LogP contribution in [0.3, 0.4) is 0 Å². The molecule has 3 heterocycles. The van der Waals surface area contributed by atoms with Crippen molar-refractivity contribution in [1.29, 1.82) is 0 Å². The van der Waals surface area contributed by atoms with E-state index in [1.807, 2.05) is 19.1 Å². The number of aryl methyl sites for hydroxylation is 1. The Labute approximate surface area is 200 Å². The van der Waals surface area contributed by atoms with E-state index in [-0.39, 0.29) is 28.9 Å². The lowest BCUT2D eigenvalue weighted by atomic mass is 9.96. The van der Waals surface area contributed by atoms with Gasteiger partial charge in [-0.3, -0.25) is 4.79 Å². The lowest BCUT2D eigenvalue weighted by Gasteiger charge is -2.40. The minimum absolute atomic E-state index is 0.0397. The minimum Gasteiger partial charge on any atom is -0.476 e. The van der Waals surface area contributed by atoms with Crippen LogP contribution in [0.2, 0.25) is 5.02 Å². The largest absolute Gasteiger partial charge is 0.476 e. The van der Waals surface area contributed by atoms with Gasteiger partial charge in [0, 0.05) is 30.6 Å². The van der Waals surface area contributed by atoms with Crippen molar-refractivity contribution in [3.63, 3.8) is 0 Å². The molecule has 9 heteroatoms. The van der Waals surface area contributed by atoms with Crippen molar-refractivity contribution in [2.24, 2.45) is 0 Å².